The summed E-state index contributed by atoms with van der Waals surface area (Å²) < 4.78 is 59.2. The van der Waals surface area contributed by atoms with E-state index < -0.39 is 52.5 Å². The average molecular weight is 440 g/mol. The van der Waals surface area contributed by atoms with Gasteiger partial charge in [-0.2, -0.15) is 0 Å². The third-order valence-electron chi connectivity index (χ3n) is 4.19. The van der Waals surface area contributed by atoms with E-state index in [1.165, 1.54) is 0 Å². The number of halogens is 4. The lowest BCUT2D eigenvalue weighted by molar-refractivity contribution is 0.0526. The van der Waals surface area contributed by atoms with E-state index in [-0.39, 0.29) is 6.54 Å². The molecule has 168 valence electrons. The van der Waals surface area contributed by atoms with E-state index >= 15 is 0 Å². The molecule has 0 aliphatic rings. The molecule has 2 rings (SSSR count). The number of carbonyl (C=O) groups excluding carboxylic acids is 2. The van der Waals surface area contributed by atoms with Gasteiger partial charge in [0.15, 0.2) is 23.3 Å². The minimum absolute atomic E-state index is 0.238. The second-order valence-corrected chi connectivity index (χ2v) is 7.86. The standard InChI is InChI=1S/C22H24F4N2O3/c1-22(2,3)31-21(30)27-11-7-10-16(13-8-5-4-6-9-13)28-20(29)14-12-15(23)18(25)19(26)17(14)24/h4-6,8-9,12,16H,7,10-11H2,1-3H3,(H,27,30)(H,28,29)/t16-/m1/s1. The van der Waals surface area contributed by atoms with Gasteiger partial charge >= 0.3 is 6.09 Å². The summed E-state index contributed by atoms with van der Waals surface area (Å²) in [7, 11) is 0. The summed E-state index contributed by atoms with van der Waals surface area (Å²) in [6.07, 6.45) is 0.139. The maximum absolute atomic E-state index is 14.0. The topological polar surface area (TPSA) is 67.4 Å². The Balaban J connectivity index is 2.08. The highest BCUT2D eigenvalue weighted by Gasteiger charge is 2.25. The van der Waals surface area contributed by atoms with Gasteiger partial charge in [-0.15, -0.1) is 0 Å². The molecule has 5 nitrogen and oxygen atoms in total. The fourth-order valence-electron chi connectivity index (χ4n) is 2.79. The molecule has 0 aliphatic carbocycles. The lowest BCUT2D eigenvalue weighted by Gasteiger charge is -2.21. The predicted molar refractivity (Wildman–Crippen MR) is 106 cm³/mol. The van der Waals surface area contributed by atoms with Crippen molar-refractivity contribution >= 4 is 12.0 Å². The van der Waals surface area contributed by atoms with Crippen LogP contribution in [0, 0.1) is 23.3 Å². The summed E-state index contributed by atoms with van der Waals surface area (Å²) in [6.45, 7) is 5.43. The molecule has 0 spiro atoms. The van der Waals surface area contributed by atoms with Crippen LogP contribution in [0.15, 0.2) is 36.4 Å². The largest absolute Gasteiger partial charge is 0.444 e. The highest BCUT2D eigenvalue weighted by Crippen LogP contribution is 2.22. The van der Waals surface area contributed by atoms with Gasteiger partial charge in [-0.1, -0.05) is 30.3 Å². The quantitative estimate of drug-likeness (QED) is 0.275. The van der Waals surface area contributed by atoms with Crippen molar-refractivity contribution in [2.75, 3.05) is 6.54 Å². The van der Waals surface area contributed by atoms with Crippen molar-refractivity contribution in [3.8, 4) is 0 Å². The number of hydrogen-bond acceptors (Lipinski definition) is 3. The van der Waals surface area contributed by atoms with E-state index in [1.54, 1.807) is 51.1 Å². The van der Waals surface area contributed by atoms with Crippen LogP contribution in [-0.4, -0.2) is 24.1 Å². The van der Waals surface area contributed by atoms with E-state index in [0.29, 0.717) is 24.5 Å². The molecule has 31 heavy (non-hydrogen) atoms. The van der Waals surface area contributed by atoms with Crippen LogP contribution < -0.4 is 10.6 Å². The monoisotopic (exact) mass is 440 g/mol. The summed E-state index contributed by atoms with van der Waals surface area (Å²) in [5, 5.41) is 5.10. The highest BCUT2D eigenvalue weighted by atomic mass is 19.2. The van der Waals surface area contributed by atoms with Crippen LogP contribution in [0.3, 0.4) is 0 Å². The zero-order valence-electron chi connectivity index (χ0n) is 17.4. The SMILES string of the molecule is CC(C)(C)OC(=O)NCCC[C@@H](NC(=O)c1cc(F)c(F)c(F)c1F)c1ccccc1. The van der Waals surface area contributed by atoms with Crippen molar-refractivity contribution in [3.63, 3.8) is 0 Å². The Kier molecular flexibility index (Phi) is 8.01. The number of benzene rings is 2. The summed E-state index contributed by atoms with van der Waals surface area (Å²) in [4.78, 5) is 24.2. The Morgan fingerprint density at radius 2 is 1.65 bits per heavy atom. The molecule has 0 unspecified atom stereocenters. The molecule has 1 atom stereocenters. The molecule has 0 saturated carbocycles. The second kappa shape index (κ2) is 10.3. The Hall–Kier alpha value is -3.10. The minimum Gasteiger partial charge on any atom is -0.444 e. The molecule has 2 amide bonds. The first kappa shape index (κ1) is 24.2. The van der Waals surface area contributed by atoms with Crippen LogP contribution in [0.1, 0.15) is 55.6 Å². The van der Waals surface area contributed by atoms with Crippen LogP contribution in [0.4, 0.5) is 22.4 Å². The maximum Gasteiger partial charge on any atom is 0.407 e. The fraction of sp³-hybridized carbons (Fsp3) is 0.364. The Labute approximate surface area is 177 Å². The lowest BCUT2D eigenvalue weighted by Crippen LogP contribution is -2.34. The molecular weight excluding hydrogens is 416 g/mol. The number of alkyl carbamates (subject to hydrolysis) is 1. The molecule has 0 heterocycles. The smallest absolute Gasteiger partial charge is 0.407 e. The first-order valence-corrected chi connectivity index (χ1v) is 9.65. The number of rotatable bonds is 7. The first-order chi connectivity index (χ1) is 14.5. The van der Waals surface area contributed by atoms with Gasteiger partial charge in [0.2, 0.25) is 0 Å². The summed E-state index contributed by atoms with van der Waals surface area (Å²) in [6, 6.07) is 8.32. The van der Waals surface area contributed by atoms with Gasteiger partial charge in [-0.25, -0.2) is 22.4 Å². The van der Waals surface area contributed by atoms with Crippen LogP contribution in [-0.2, 0) is 4.74 Å². The summed E-state index contributed by atoms with van der Waals surface area (Å²) in [5.74, 6) is -8.56. The van der Waals surface area contributed by atoms with Gasteiger partial charge in [0, 0.05) is 6.54 Å². The maximum atomic E-state index is 14.0. The lowest BCUT2D eigenvalue weighted by atomic mass is 10.0. The van der Waals surface area contributed by atoms with E-state index in [0.717, 1.165) is 0 Å². The van der Waals surface area contributed by atoms with E-state index in [2.05, 4.69) is 10.6 Å². The fourth-order valence-corrected chi connectivity index (χ4v) is 2.79. The normalized spacial score (nSPS) is 12.2. The highest BCUT2D eigenvalue weighted by molar-refractivity contribution is 5.94. The van der Waals surface area contributed by atoms with Gasteiger partial charge in [-0.05, 0) is 45.2 Å². The minimum atomic E-state index is -2.05. The summed E-state index contributed by atoms with van der Waals surface area (Å²) in [5.41, 5.74) is -0.921. The Bertz CT molecular complexity index is 931. The number of amides is 2. The van der Waals surface area contributed by atoms with Crippen molar-refractivity contribution in [1.29, 1.82) is 0 Å². The molecule has 0 bridgehead atoms. The van der Waals surface area contributed by atoms with Crippen LogP contribution in [0.25, 0.3) is 0 Å². The third kappa shape index (κ3) is 6.97. The molecule has 2 N–H and O–H groups in total. The number of carbonyl (C=O) groups is 2. The zero-order valence-corrected chi connectivity index (χ0v) is 17.4. The third-order valence-corrected chi connectivity index (χ3v) is 4.19. The zero-order chi connectivity index (χ0) is 23.2. The predicted octanol–water partition coefficient (Wildman–Crippen LogP) is 5.02. The van der Waals surface area contributed by atoms with Crippen LogP contribution in [0.5, 0.6) is 0 Å². The van der Waals surface area contributed by atoms with E-state index in [9.17, 15) is 27.2 Å². The summed E-state index contributed by atoms with van der Waals surface area (Å²) >= 11 is 0. The van der Waals surface area contributed by atoms with Crippen molar-refractivity contribution < 1.29 is 31.9 Å². The number of hydrogen-bond donors (Lipinski definition) is 2. The molecular formula is C22H24F4N2O3. The molecule has 0 saturated heterocycles. The van der Waals surface area contributed by atoms with Gasteiger partial charge in [-0.3, -0.25) is 4.79 Å². The average Bonchev–Trinajstić information content (AvgIpc) is 2.70. The van der Waals surface area contributed by atoms with Crippen molar-refractivity contribution in [1.82, 2.24) is 10.6 Å². The van der Waals surface area contributed by atoms with Crippen LogP contribution >= 0.6 is 0 Å². The molecule has 0 radical (unpaired) electrons. The van der Waals surface area contributed by atoms with Crippen molar-refractivity contribution in [3.05, 3.63) is 70.8 Å². The van der Waals surface area contributed by atoms with E-state index in [4.69, 9.17) is 4.74 Å². The second-order valence-electron chi connectivity index (χ2n) is 7.86. The van der Waals surface area contributed by atoms with Gasteiger partial charge in [0.05, 0.1) is 11.6 Å². The molecule has 2 aromatic carbocycles. The van der Waals surface area contributed by atoms with Crippen LogP contribution in [0.2, 0.25) is 0 Å². The van der Waals surface area contributed by atoms with Gasteiger partial charge in [0.1, 0.15) is 5.60 Å². The molecule has 0 aliphatic heterocycles. The molecule has 2 aromatic rings. The number of ether oxygens (including phenoxy) is 1. The number of nitrogens with one attached hydrogen (secondary N) is 2. The van der Waals surface area contributed by atoms with Crippen molar-refractivity contribution in [2.45, 2.75) is 45.3 Å². The first-order valence-electron chi connectivity index (χ1n) is 9.65. The Morgan fingerprint density at radius 3 is 2.26 bits per heavy atom. The van der Waals surface area contributed by atoms with Gasteiger partial charge < -0.3 is 15.4 Å². The molecule has 9 heteroatoms. The van der Waals surface area contributed by atoms with Crippen molar-refractivity contribution in [2.24, 2.45) is 0 Å². The Morgan fingerprint density at radius 1 is 1.00 bits per heavy atom. The van der Waals surface area contributed by atoms with Gasteiger partial charge in [0.25, 0.3) is 5.91 Å². The molecule has 0 fully saturated rings. The molecule has 0 aromatic heterocycles. The van der Waals surface area contributed by atoms with E-state index in [1.807, 2.05) is 0 Å².